The van der Waals surface area contributed by atoms with E-state index in [4.69, 9.17) is 5.11 Å². The Labute approximate surface area is 109 Å². The van der Waals surface area contributed by atoms with Gasteiger partial charge in [-0.1, -0.05) is 12.2 Å². The second-order valence-corrected chi connectivity index (χ2v) is 4.28. The van der Waals surface area contributed by atoms with E-state index in [1.54, 1.807) is 0 Å². The fourth-order valence-corrected chi connectivity index (χ4v) is 1.95. The van der Waals surface area contributed by atoms with Crippen molar-refractivity contribution in [2.75, 3.05) is 5.32 Å². The van der Waals surface area contributed by atoms with Crippen LogP contribution in [-0.2, 0) is 0 Å². The highest BCUT2D eigenvalue weighted by molar-refractivity contribution is 5.93. The molecule has 1 heterocycles. The molecule has 1 aliphatic rings. The first kappa shape index (κ1) is 13.0. The monoisotopic (exact) mass is 263 g/mol. The Balaban J connectivity index is 2.26. The molecule has 1 unspecified atom stereocenters. The van der Waals surface area contributed by atoms with Gasteiger partial charge in [-0.3, -0.25) is 10.1 Å². The van der Waals surface area contributed by atoms with E-state index in [1.807, 2.05) is 6.08 Å². The lowest BCUT2D eigenvalue weighted by Gasteiger charge is -2.20. The van der Waals surface area contributed by atoms with E-state index in [0.29, 0.717) is 0 Å². The lowest BCUT2D eigenvalue weighted by molar-refractivity contribution is -0.385. The number of aromatic carboxylic acids is 1. The molecule has 2 N–H and O–H groups in total. The maximum Gasteiger partial charge on any atom is 0.339 e. The number of anilines is 1. The third-order valence-electron chi connectivity index (χ3n) is 2.92. The Morgan fingerprint density at radius 2 is 2.32 bits per heavy atom. The minimum atomic E-state index is -1.23. The van der Waals surface area contributed by atoms with Crippen LogP contribution in [0, 0.1) is 10.1 Å². The van der Waals surface area contributed by atoms with E-state index in [1.165, 1.54) is 0 Å². The zero-order chi connectivity index (χ0) is 13.8. The van der Waals surface area contributed by atoms with Crippen LogP contribution in [0.25, 0.3) is 0 Å². The zero-order valence-electron chi connectivity index (χ0n) is 10.1. The number of aromatic nitrogens is 1. The van der Waals surface area contributed by atoms with Crippen molar-refractivity contribution in [1.29, 1.82) is 0 Å². The van der Waals surface area contributed by atoms with Crippen LogP contribution in [0.4, 0.5) is 11.5 Å². The normalized spacial score (nSPS) is 18.0. The molecule has 1 atom stereocenters. The first-order chi connectivity index (χ1) is 9.08. The van der Waals surface area contributed by atoms with Gasteiger partial charge in [0.2, 0.25) is 0 Å². The van der Waals surface area contributed by atoms with Crippen LogP contribution in [0.1, 0.15) is 29.6 Å². The highest BCUT2D eigenvalue weighted by atomic mass is 16.6. The lowest BCUT2D eigenvalue weighted by Crippen LogP contribution is -2.22. The number of hydrogen-bond donors (Lipinski definition) is 2. The van der Waals surface area contributed by atoms with Gasteiger partial charge in [0, 0.05) is 12.1 Å². The summed E-state index contributed by atoms with van der Waals surface area (Å²) in [5.41, 5.74) is -0.504. The zero-order valence-corrected chi connectivity index (χ0v) is 10.1. The molecule has 7 nitrogen and oxygen atoms in total. The molecule has 0 spiro atoms. The molecule has 0 bridgehead atoms. The van der Waals surface area contributed by atoms with Crippen LogP contribution in [0.3, 0.4) is 0 Å². The molecule has 19 heavy (non-hydrogen) atoms. The molecule has 1 aromatic heterocycles. The summed E-state index contributed by atoms with van der Waals surface area (Å²) in [5.74, 6) is -1.05. The summed E-state index contributed by atoms with van der Waals surface area (Å²) in [6.45, 7) is 0. The van der Waals surface area contributed by atoms with Crippen molar-refractivity contribution in [1.82, 2.24) is 4.98 Å². The number of nitrogens with one attached hydrogen (secondary N) is 1. The SMILES string of the molecule is O=C(O)c1cc([N+](=O)[O-])cnc1NC1CC=CCC1. The van der Waals surface area contributed by atoms with E-state index in [0.717, 1.165) is 31.5 Å². The van der Waals surface area contributed by atoms with Crippen molar-refractivity contribution in [2.24, 2.45) is 0 Å². The van der Waals surface area contributed by atoms with Gasteiger partial charge in [-0.2, -0.15) is 0 Å². The Bertz CT molecular complexity index is 542. The summed E-state index contributed by atoms with van der Waals surface area (Å²) < 4.78 is 0. The molecule has 0 saturated heterocycles. The molecular weight excluding hydrogens is 250 g/mol. The Kier molecular flexibility index (Phi) is 3.74. The quantitative estimate of drug-likeness (QED) is 0.490. The molecule has 0 aromatic carbocycles. The van der Waals surface area contributed by atoms with Crippen LogP contribution in [0.2, 0.25) is 0 Å². The largest absolute Gasteiger partial charge is 0.478 e. The maximum absolute atomic E-state index is 11.1. The van der Waals surface area contributed by atoms with Gasteiger partial charge in [0.05, 0.1) is 4.92 Å². The Morgan fingerprint density at radius 1 is 1.53 bits per heavy atom. The predicted octanol–water partition coefficient (Wildman–Crippen LogP) is 2.21. The fourth-order valence-electron chi connectivity index (χ4n) is 1.95. The number of carboxylic acids is 1. The van der Waals surface area contributed by atoms with Crippen LogP contribution >= 0.6 is 0 Å². The third kappa shape index (κ3) is 3.06. The molecule has 0 radical (unpaired) electrons. The second kappa shape index (κ2) is 5.47. The van der Waals surface area contributed by atoms with E-state index < -0.39 is 10.9 Å². The lowest BCUT2D eigenvalue weighted by atomic mass is 10.0. The second-order valence-electron chi connectivity index (χ2n) is 4.28. The van der Waals surface area contributed by atoms with Crippen molar-refractivity contribution >= 4 is 17.5 Å². The average molecular weight is 263 g/mol. The summed E-state index contributed by atoms with van der Waals surface area (Å²) in [5, 5.41) is 22.7. The number of allylic oxidation sites excluding steroid dienone is 1. The summed E-state index contributed by atoms with van der Waals surface area (Å²) in [7, 11) is 0. The molecule has 0 saturated carbocycles. The summed E-state index contributed by atoms with van der Waals surface area (Å²) in [6, 6.07) is 1.13. The highest BCUT2D eigenvalue weighted by Crippen LogP contribution is 2.22. The predicted molar refractivity (Wildman–Crippen MR) is 68.3 cm³/mol. The Hall–Kier alpha value is -2.44. The molecule has 1 aliphatic carbocycles. The number of pyridine rings is 1. The van der Waals surface area contributed by atoms with Crippen molar-refractivity contribution in [3.05, 3.63) is 40.1 Å². The number of carboxylic acid groups (broad SMARTS) is 1. The maximum atomic E-state index is 11.1. The fraction of sp³-hybridized carbons (Fsp3) is 0.333. The van der Waals surface area contributed by atoms with Gasteiger partial charge in [-0.25, -0.2) is 9.78 Å². The molecule has 0 aliphatic heterocycles. The smallest absolute Gasteiger partial charge is 0.339 e. The van der Waals surface area contributed by atoms with Crippen molar-refractivity contribution < 1.29 is 14.8 Å². The summed E-state index contributed by atoms with van der Waals surface area (Å²) >= 11 is 0. The number of nitro groups is 1. The molecule has 1 aromatic rings. The van der Waals surface area contributed by atoms with E-state index in [2.05, 4.69) is 16.4 Å². The summed E-state index contributed by atoms with van der Waals surface area (Å²) in [4.78, 5) is 24.9. The highest BCUT2D eigenvalue weighted by Gasteiger charge is 2.19. The van der Waals surface area contributed by atoms with Gasteiger partial charge in [0.15, 0.2) is 0 Å². The molecular formula is C12H13N3O4. The van der Waals surface area contributed by atoms with E-state index in [9.17, 15) is 14.9 Å². The number of hydrogen-bond acceptors (Lipinski definition) is 5. The van der Waals surface area contributed by atoms with Crippen molar-refractivity contribution in [3.63, 3.8) is 0 Å². The van der Waals surface area contributed by atoms with Crippen LogP contribution in [-0.4, -0.2) is 27.0 Å². The van der Waals surface area contributed by atoms with Gasteiger partial charge in [0.1, 0.15) is 17.6 Å². The molecule has 0 amide bonds. The Morgan fingerprint density at radius 3 is 2.89 bits per heavy atom. The minimum Gasteiger partial charge on any atom is -0.478 e. The molecule has 100 valence electrons. The van der Waals surface area contributed by atoms with Gasteiger partial charge in [-0.15, -0.1) is 0 Å². The van der Waals surface area contributed by atoms with Gasteiger partial charge in [0.25, 0.3) is 5.69 Å². The van der Waals surface area contributed by atoms with Gasteiger partial charge in [-0.05, 0) is 19.3 Å². The van der Waals surface area contributed by atoms with Crippen molar-refractivity contribution in [2.45, 2.75) is 25.3 Å². The van der Waals surface area contributed by atoms with Gasteiger partial charge >= 0.3 is 5.97 Å². The first-order valence-corrected chi connectivity index (χ1v) is 5.87. The average Bonchev–Trinajstić information content (AvgIpc) is 2.39. The molecule has 7 heteroatoms. The van der Waals surface area contributed by atoms with Crippen molar-refractivity contribution in [3.8, 4) is 0 Å². The minimum absolute atomic E-state index is 0.108. The van der Waals surface area contributed by atoms with Crippen LogP contribution < -0.4 is 5.32 Å². The topological polar surface area (TPSA) is 105 Å². The molecule has 0 fully saturated rings. The number of rotatable bonds is 4. The standard InChI is InChI=1S/C12H13N3O4/c16-12(17)10-6-9(15(18)19)7-13-11(10)14-8-4-2-1-3-5-8/h1-2,6-8H,3-5H2,(H,13,14)(H,16,17). The number of carbonyl (C=O) groups is 1. The van der Waals surface area contributed by atoms with Crippen LogP contribution in [0.15, 0.2) is 24.4 Å². The third-order valence-corrected chi connectivity index (χ3v) is 2.92. The van der Waals surface area contributed by atoms with Gasteiger partial charge < -0.3 is 10.4 Å². The molecule has 2 rings (SSSR count). The van der Waals surface area contributed by atoms with E-state index in [-0.39, 0.29) is 23.1 Å². The van der Waals surface area contributed by atoms with Crippen LogP contribution in [0.5, 0.6) is 0 Å². The summed E-state index contributed by atoms with van der Waals surface area (Å²) in [6.07, 6.45) is 7.75. The number of nitrogens with zero attached hydrogens (tertiary/aromatic N) is 2. The first-order valence-electron chi connectivity index (χ1n) is 5.87. The van der Waals surface area contributed by atoms with E-state index >= 15 is 0 Å².